The number of likely N-dealkylation sites (N-methyl/N-ethyl adjacent to an activating group) is 1. The SMILES string of the molecule is CCN(CCc1ccccc1)C(=O)C1CCN(S(=O)(=O)c2ccc3c(c2)CCCC3)CC1. The highest BCUT2D eigenvalue weighted by Gasteiger charge is 2.33. The summed E-state index contributed by atoms with van der Waals surface area (Å²) in [5, 5.41) is 0. The summed E-state index contributed by atoms with van der Waals surface area (Å²) in [5.41, 5.74) is 3.69. The fraction of sp³-hybridized carbons (Fsp3) is 0.500. The van der Waals surface area contributed by atoms with E-state index in [9.17, 15) is 13.2 Å². The van der Waals surface area contributed by atoms with Crippen LogP contribution in [0.1, 0.15) is 49.3 Å². The lowest BCUT2D eigenvalue weighted by molar-refractivity contribution is -0.136. The lowest BCUT2D eigenvalue weighted by Crippen LogP contribution is -2.44. The van der Waals surface area contributed by atoms with Crippen LogP contribution in [0.3, 0.4) is 0 Å². The van der Waals surface area contributed by atoms with Crippen LogP contribution in [-0.2, 0) is 34.1 Å². The summed E-state index contributed by atoms with van der Waals surface area (Å²) in [6.07, 6.45) is 6.33. The topological polar surface area (TPSA) is 57.7 Å². The average Bonchev–Trinajstić information content (AvgIpc) is 2.84. The van der Waals surface area contributed by atoms with Gasteiger partial charge in [0, 0.05) is 32.1 Å². The van der Waals surface area contributed by atoms with E-state index in [1.165, 1.54) is 23.1 Å². The number of sulfonamides is 1. The Balaban J connectivity index is 1.36. The molecule has 0 N–H and O–H groups in total. The molecule has 6 heteroatoms. The Hall–Kier alpha value is -2.18. The Kier molecular flexibility index (Phi) is 7.31. The first-order valence-electron chi connectivity index (χ1n) is 11.9. The number of carbonyl (C=O) groups is 1. The molecule has 0 radical (unpaired) electrons. The quantitative estimate of drug-likeness (QED) is 0.634. The van der Waals surface area contributed by atoms with Crippen molar-refractivity contribution in [1.82, 2.24) is 9.21 Å². The van der Waals surface area contributed by atoms with Crippen LogP contribution in [0.4, 0.5) is 0 Å². The number of benzene rings is 2. The van der Waals surface area contributed by atoms with Crippen molar-refractivity contribution in [1.29, 1.82) is 0 Å². The van der Waals surface area contributed by atoms with E-state index in [0.29, 0.717) is 43.9 Å². The van der Waals surface area contributed by atoms with Crippen molar-refractivity contribution in [3.05, 3.63) is 65.2 Å². The molecule has 0 spiro atoms. The maximum absolute atomic E-state index is 13.2. The third-order valence-corrected chi connectivity index (χ3v) is 8.86. The molecule has 172 valence electrons. The first-order chi connectivity index (χ1) is 15.5. The van der Waals surface area contributed by atoms with Crippen molar-refractivity contribution < 1.29 is 13.2 Å². The van der Waals surface area contributed by atoms with Gasteiger partial charge >= 0.3 is 0 Å². The minimum atomic E-state index is -3.51. The smallest absolute Gasteiger partial charge is 0.243 e. The van der Waals surface area contributed by atoms with Gasteiger partial charge in [0.05, 0.1) is 4.90 Å². The predicted molar refractivity (Wildman–Crippen MR) is 127 cm³/mol. The number of amides is 1. The van der Waals surface area contributed by atoms with Gasteiger partial charge in [0.2, 0.25) is 15.9 Å². The van der Waals surface area contributed by atoms with E-state index >= 15 is 0 Å². The molecule has 2 aromatic carbocycles. The Morgan fingerprint density at radius 3 is 2.38 bits per heavy atom. The van der Waals surface area contributed by atoms with Crippen LogP contribution in [0.5, 0.6) is 0 Å². The van der Waals surface area contributed by atoms with Crippen molar-refractivity contribution >= 4 is 15.9 Å². The standard InChI is InChI=1S/C26H34N2O3S/c1-2-27(17-14-21-8-4-3-5-9-21)26(29)23-15-18-28(19-16-23)32(30,31)25-13-12-22-10-6-7-11-24(22)20-25/h3-5,8-9,12-13,20,23H,2,6-7,10-11,14-19H2,1H3. The number of hydrogen-bond acceptors (Lipinski definition) is 3. The summed E-state index contributed by atoms with van der Waals surface area (Å²) < 4.78 is 28.0. The maximum atomic E-state index is 13.2. The van der Waals surface area contributed by atoms with Crippen LogP contribution in [0, 0.1) is 5.92 Å². The zero-order chi connectivity index (χ0) is 22.6. The largest absolute Gasteiger partial charge is 0.342 e. The highest BCUT2D eigenvalue weighted by atomic mass is 32.2. The van der Waals surface area contributed by atoms with Crippen molar-refractivity contribution in [3.8, 4) is 0 Å². The molecule has 1 heterocycles. The first-order valence-corrected chi connectivity index (χ1v) is 13.4. The minimum absolute atomic E-state index is 0.0966. The summed E-state index contributed by atoms with van der Waals surface area (Å²) in [4.78, 5) is 15.4. The van der Waals surface area contributed by atoms with E-state index in [0.717, 1.165) is 25.7 Å². The van der Waals surface area contributed by atoms with Crippen LogP contribution in [-0.4, -0.2) is 49.7 Å². The lowest BCUT2D eigenvalue weighted by atomic mass is 9.92. The number of piperidine rings is 1. The van der Waals surface area contributed by atoms with E-state index < -0.39 is 10.0 Å². The van der Waals surface area contributed by atoms with E-state index in [-0.39, 0.29) is 11.8 Å². The second-order valence-corrected chi connectivity index (χ2v) is 10.9. The normalized spacial score (nSPS) is 17.7. The van der Waals surface area contributed by atoms with Crippen LogP contribution >= 0.6 is 0 Å². The molecule has 0 aromatic heterocycles. The number of carbonyl (C=O) groups excluding carboxylic acids is 1. The maximum Gasteiger partial charge on any atom is 0.243 e. The summed E-state index contributed by atoms with van der Waals surface area (Å²) in [6, 6.07) is 15.8. The molecular weight excluding hydrogens is 420 g/mol. The molecule has 2 aliphatic rings. The highest BCUT2D eigenvalue weighted by molar-refractivity contribution is 7.89. The Labute approximate surface area is 192 Å². The predicted octanol–water partition coefficient (Wildman–Crippen LogP) is 4.06. The molecule has 0 atom stereocenters. The molecule has 1 amide bonds. The van der Waals surface area contributed by atoms with Gasteiger partial charge in [0.25, 0.3) is 0 Å². The molecular formula is C26H34N2O3S. The molecule has 4 rings (SSSR count). The van der Waals surface area contributed by atoms with Gasteiger partial charge in [-0.2, -0.15) is 4.31 Å². The molecule has 2 aromatic rings. The zero-order valence-corrected chi connectivity index (χ0v) is 19.8. The summed E-state index contributed by atoms with van der Waals surface area (Å²) >= 11 is 0. The second-order valence-electron chi connectivity index (χ2n) is 8.97. The third-order valence-electron chi connectivity index (χ3n) is 6.97. The molecule has 0 unspecified atom stereocenters. The van der Waals surface area contributed by atoms with Gasteiger partial charge in [-0.3, -0.25) is 4.79 Å². The van der Waals surface area contributed by atoms with E-state index in [4.69, 9.17) is 0 Å². The van der Waals surface area contributed by atoms with Gasteiger partial charge in [-0.05, 0) is 80.7 Å². The van der Waals surface area contributed by atoms with Gasteiger partial charge in [-0.25, -0.2) is 8.42 Å². The van der Waals surface area contributed by atoms with E-state index in [1.54, 1.807) is 10.4 Å². The van der Waals surface area contributed by atoms with E-state index in [1.807, 2.05) is 42.2 Å². The molecule has 0 bridgehead atoms. The molecule has 1 aliphatic heterocycles. The molecule has 1 fully saturated rings. The molecule has 32 heavy (non-hydrogen) atoms. The van der Waals surface area contributed by atoms with Crippen molar-refractivity contribution in [3.63, 3.8) is 0 Å². The molecule has 1 saturated heterocycles. The number of aryl methyl sites for hydroxylation is 2. The van der Waals surface area contributed by atoms with Gasteiger partial charge < -0.3 is 4.90 Å². The fourth-order valence-corrected chi connectivity index (χ4v) is 6.47. The summed E-state index contributed by atoms with van der Waals surface area (Å²) in [7, 11) is -3.51. The molecule has 5 nitrogen and oxygen atoms in total. The van der Waals surface area contributed by atoms with Crippen LogP contribution in [0.15, 0.2) is 53.4 Å². The summed E-state index contributed by atoms with van der Waals surface area (Å²) in [6.45, 7) is 4.21. The number of nitrogens with zero attached hydrogens (tertiary/aromatic N) is 2. The average molecular weight is 455 g/mol. The molecule has 1 aliphatic carbocycles. The van der Waals surface area contributed by atoms with Crippen LogP contribution < -0.4 is 0 Å². The van der Waals surface area contributed by atoms with E-state index in [2.05, 4.69) is 12.1 Å². The fourth-order valence-electron chi connectivity index (χ4n) is 4.95. The van der Waals surface area contributed by atoms with Gasteiger partial charge in [-0.15, -0.1) is 0 Å². The van der Waals surface area contributed by atoms with Crippen LogP contribution in [0.25, 0.3) is 0 Å². The van der Waals surface area contributed by atoms with Crippen molar-refractivity contribution in [2.24, 2.45) is 5.92 Å². The van der Waals surface area contributed by atoms with Gasteiger partial charge in [0.15, 0.2) is 0 Å². The third kappa shape index (κ3) is 5.07. The number of hydrogen-bond donors (Lipinski definition) is 0. The number of rotatable bonds is 7. The number of fused-ring (bicyclic) bond motifs is 1. The Morgan fingerprint density at radius 1 is 1.00 bits per heavy atom. The minimum Gasteiger partial charge on any atom is -0.342 e. The summed E-state index contributed by atoms with van der Waals surface area (Å²) in [5.74, 6) is 0.0648. The van der Waals surface area contributed by atoms with Gasteiger partial charge in [0.1, 0.15) is 0 Å². The van der Waals surface area contributed by atoms with Crippen molar-refractivity contribution in [2.45, 2.75) is 56.8 Å². The second kappa shape index (κ2) is 10.2. The monoisotopic (exact) mass is 454 g/mol. The van der Waals surface area contributed by atoms with Gasteiger partial charge in [-0.1, -0.05) is 36.4 Å². The Morgan fingerprint density at radius 2 is 1.69 bits per heavy atom. The Bertz CT molecular complexity index is 1030. The lowest BCUT2D eigenvalue weighted by Gasteiger charge is -2.33. The first kappa shape index (κ1) is 23.0. The highest BCUT2D eigenvalue weighted by Crippen LogP contribution is 2.28. The van der Waals surface area contributed by atoms with Crippen molar-refractivity contribution in [2.75, 3.05) is 26.2 Å². The zero-order valence-electron chi connectivity index (χ0n) is 19.0. The van der Waals surface area contributed by atoms with Crippen LogP contribution in [0.2, 0.25) is 0 Å². The molecule has 0 saturated carbocycles.